The number of carbonyl (C=O) groups is 2. The molecule has 0 atom stereocenters. The SMILES string of the molecule is COc1ccc(C)cc1NC(=O)CNC(=O)CCc1ccccc1F. The van der Waals surface area contributed by atoms with E-state index >= 15 is 0 Å². The topological polar surface area (TPSA) is 67.4 Å². The van der Waals surface area contributed by atoms with Crippen LogP contribution in [0.25, 0.3) is 0 Å². The third-order valence-corrected chi connectivity index (χ3v) is 3.65. The van der Waals surface area contributed by atoms with Crippen LogP contribution in [-0.4, -0.2) is 25.5 Å². The summed E-state index contributed by atoms with van der Waals surface area (Å²) in [4.78, 5) is 23.8. The Morgan fingerprint density at radius 2 is 1.88 bits per heavy atom. The van der Waals surface area contributed by atoms with Crippen molar-refractivity contribution in [2.75, 3.05) is 19.0 Å². The predicted octanol–water partition coefficient (Wildman–Crippen LogP) is 2.83. The molecule has 0 bridgehead atoms. The normalized spacial score (nSPS) is 10.2. The first-order valence-corrected chi connectivity index (χ1v) is 7.94. The standard InChI is InChI=1S/C19H21FN2O3/c1-13-7-9-17(25-2)16(11-13)22-19(24)12-21-18(23)10-8-14-5-3-4-6-15(14)20/h3-7,9,11H,8,10,12H2,1-2H3,(H,21,23)(H,22,24). The predicted molar refractivity (Wildman–Crippen MR) is 94.1 cm³/mol. The molecule has 132 valence electrons. The Bertz CT molecular complexity index is 762. The fourth-order valence-electron chi connectivity index (χ4n) is 2.33. The van der Waals surface area contributed by atoms with Crippen molar-refractivity contribution in [2.45, 2.75) is 19.8 Å². The zero-order chi connectivity index (χ0) is 18.2. The first-order chi connectivity index (χ1) is 12.0. The van der Waals surface area contributed by atoms with Gasteiger partial charge in [0.15, 0.2) is 0 Å². The number of anilines is 1. The molecule has 0 aliphatic rings. The van der Waals surface area contributed by atoms with Crippen LogP contribution in [0, 0.1) is 12.7 Å². The van der Waals surface area contributed by atoms with Crippen molar-refractivity contribution in [1.29, 1.82) is 0 Å². The number of benzene rings is 2. The highest BCUT2D eigenvalue weighted by Gasteiger charge is 2.10. The number of hydrogen-bond acceptors (Lipinski definition) is 3. The molecule has 0 unspecified atom stereocenters. The summed E-state index contributed by atoms with van der Waals surface area (Å²) in [6, 6.07) is 11.7. The van der Waals surface area contributed by atoms with Crippen LogP contribution in [-0.2, 0) is 16.0 Å². The average Bonchev–Trinajstić information content (AvgIpc) is 2.59. The van der Waals surface area contributed by atoms with Crippen LogP contribution < -0.4 is 15.4 Å². The second-order valence-electron chi connectivity index (χ2n) is 5.62. The molecule has 0 aliphatic heterocycles. The Balaban J connectivity index is 1.81. The van der Waals surface area contributed by atoms with Gasteiger partial charge in [0.25, 0.3) is 0 Å². The van der Waals surface area contributed by atoms with Gasteiger partial charge in [0.05, 0.1) is 19.3 Å². The minimum absolute atomic E-state index is 0.113. The lowest BCUT2D eigenvalue weighted by molar-refractivity contribution is -0.124. The fraction of sp³-hybridized carbons (Fsp3) is 0.263. The zero-order valence-corrected chi connectivity index (χ0v) is 14.3. The summed E-state index contributed by atoms with van der Waals surface area (Å²) in [5.74, 6) is -0.456. The Morgan fingerprint density at radius 1 is 1.12 bits per heavy atom. The molecule has 0 aliphatic carbocycles. The molecule has 0 spiro atoms. The molecule has 0 radical (unpaired) electrons. The van der Waals surface area contributed by atoms with E-state index in [1.165, 1.54) is 13.2 Å². The van der Waals surface area contributed by atoms with Gasteiger partial charge < -0.3 is 15.4 Å². The van der Waals surface area contributed by atoms with Crippen LogP contribution >= 0.6 is 0 Å². The number of methoxy groups -OCH3 is 1. The zero-order valence-electron chi connectivity index (χ0n) is 14.3. The van der Waals surface area contributed by atoms with Crippen LogP contribution in [0.5, 0.6) is 5.75 Å². The summed E-state index contributed by atoms with van der Waals surface area (Å²) in [5.41, 5.74) is 2.00. The van der Waals surface area contributed by atoms with Gasteiger partial charge in [-0.25, -0.2) is 4.39 Å². The third kappa shape index (κ3) is 5.60. The maximum atomic E-state index is 13.5. The highest BCUT2D eigenvalue weighted by Crippen LogP contribution is 2.24. The Hall–Kier alpha value is -2.89. The fourth-order valence-corrected chi connectivity index (χ4v) is 2.33. The molecule has 6 heteroatoms. The smallest absolute Gasteiger partial charge is 0.243 e. The summed E-state index contributed by atoms with van der Waals surface area (Å²) in [5, 5.41) is 5.23. The largest absolute Gasteiger partial charge is 0.495 e. The van der Waals surface area contributed by atoms with Crippen molar-refractivity contribution in [3.8, 4) is 5.75 Å². The van der Waals surface area contributed by atoms with E-state index in [0.29, 0.717) is 17.0 Å². The summed E-state index contributed by atoms with van der Waals surface area (Å²) < 4.78 is 18.7. The van der Waals surface area contributed by atoms with Gasteiger partial charge >= 0.3 is 0 Å². The molecule has 2 N–H and O–H groups in total. The minimum atomic E-state index is -0.358. The van der Waals surface area contributed by atoms with Crippen molar-refractivity contribution in [3.63, 3.8) is 0 Å². The third-order valence-electron chi connectivity index (χ3n) is 3.65. The monoisotopic (exact) mass is 344 g/mol. The van der Waals surface area contributed by atoms with Gasteiger partial charge in [-0.3, -0.25) is 9.59 Å². The van der Waals surface area contributed by atoms with Crippen molar-refractivity contribution >= 4 is 17.5 Å². The first-order valence-electron chi connectivity index (χ1n) is 7.94. The summed E-state index contributed by atoms with van der Waals surface area (Å²) in [7, 11) is 1.52. The quantitative estimate of drug-likeness (QED) is 0.812. The van der Waals surface area contributed by atoms with E-state index in [2.05, 4.69) is 10.6 Å². The lowest BCUT2D eigenvalue weighted by Crippen LogP contribution is -2.33. The van der Waals surface area contributed by atoms with E-state index in [-0.39, 0.29) is 37.0 Å². The lowest BCUT2D eigenvalue weighted by atomic mass is 10.1. The van der Waals surface area contributed by atoms with E-state index in [1.807, 2.05) is 13.0 Å². The highest BCUT2D eigenvalue weighted by atomic mass is 19.1. The van der Waals surface area contributed by atoms with Crippen LogP contribution in [0.4, 0.5) is 10.1 Å². The molecule has 0 saturated carbocycles. The number of nitrogens with one attached hydrogen (secondary N) is 2. The van der Waals surface area contributed by atoms with E-state index in [1.54, 1.807) is 30.3 Å². The van der Waals surface area contributed by atoms with Crippen molar-refractivity contribution < 1.29 is 18.7 Å². The summed E-state index contributed by atoms with van der Waals surface area (Å²) in [6.07, 6.45) is 0.397. The number of hydrogen-bond donors (Lipinski definition) is 2. The van der Waals surface area contributed by atoms with Crippen molar-refractivity contribution in [1.82, 2.24) is 5.32 Å². The van der Waals surface area contributed by atoms with Gasteiger partial charge in [0.1, 0.15) is 11.6 Å². The number of halogens is 1. The van der Waals surface area contributed by atoms with Crippen molar-refractivity contribution in [2.24, 2.45) is 0 Å². The van der Waals surface area contributed by atoms with Crippen molar-refractivity contribution in [3.05, 3.63) is 59.4 Å². The van der Waals surface area contributed by atoms with Crippen LogP contribution in [0.15, 0.2) is 42.5 Å². The number of rotatable bonds is 7. The van der Waals surface area contributed by atoms with Gasteiger partial charge in [0.2, 0.25) is 11.8 Å². The average molecular weight is 344 g/mol. The van der Waals surface area contributed by atoms with Gasteiger partial charge in [-0.1, -0.05) is 24.3 Å². The molecule has 5 nitrogen and oxygen atoms in total. The molecule has 2 aromatic carbocycles. The van der Waals surface area contributed by atoms with Crippen LogP contribution in [0.3, 0.4) is 0 Å². The summed E-state index contributed by atoms with van der Waals surface area (Å²) >= 11 is 0. The van der Waals surface area contributed by atoms with Crippen LogP contribution in [0.1, 0.15) is 17.5 Å². The van der Waals surface area contributed by atoms with E-state index in [9.17, 15) is 14.0 Å². The van der Waals surface area contributed by atoms with E-state index in [0.717, 1.165) is 5.56 Å². The first kappa shape index (κ1) is 18.4. The minimum Gasteiger partial charge on any atom is -0.495 e. The molecular weight excluding hydrogens is 323 g/mol. The number of aryl methyl sites for hydroxylation is 2. The van der Waals surface area contributed by atoms with Gasteiger partial charge in [-0.05, 0) is 42.7 Å². The lowest BCUT2D eigenvalue weighted by Gasteiger charge is -2.11. The second kappa shape index (κ2) is 8.82. The number of amides is 2. The molecule has 2 aromatic rings. The molecular formula is C19H21FN2O3. The molecule has 25 heavy (non-hydrogen) atoms. The number of carbonyl (C=O) groups excluding carboxylic acids is 2. The van der Waals surface area contributed by atoms with E-state index < -0.39 is 0 Å². The van der Waals surface area contributed by atoms with Crippen LogP contribution in [0.2, 0.25) is 0 Å². The Labute approximate surface area is 146 Å². The Morgan fingerprint density at radius 3 is 2.60 bits per heavy atom. The molecule has 0 aromatic heterocycles. The number of ether oxygens (including phenoxy) is 1. The molecule has 2 rings (SSSR count). The van der Waals surface area contributed by atoms with Gasteiger partial charge in [0, 0.05) is 6.42 Å². The Kier molecular flexibility index (Phi) is 6.51. The maximum absolute atomic E-state index is 13.5. The maximum Gasteiger partial charge on any atom is 0.243 e. The summed E-state index contributed by atoms with van der Waals surface area (Å²) in [6.45, 7) is 1.74. The second-order valence-corrected chi connectivity index (χ2v) is 5.62. The van der Waals surface area contributed by atoms with Gasteiger partial charge in [-0.2, -0.15) is 0 Å². The molecule has 0 fully saturated rings. The highest BCUT2D eigenvalue weighted by molar-refractivity contribution is 5.95. The molecule has 2 amide bonds. The van der Waals surface area contributed by atoms with E-state index in [4.69, 9.17) is 4.74 Å². The molecule has 0 saturated heterocycles. The van der Waals surface area contributed by atoms with Gasteiger partial charge in [-0.15, -0.1) is 0 Å². The molecule has 0 heterocycles.